The summed E-state index contributed by atoms with van der Waals surface area (Å²) in [5.74, 6) is -0.0367. The molecule has 16 nitrogen and oxygen atoms in total. The lowest BCUT2D eigenvalue weighted by molar-refractivity contribution is 0.0597. The van der Waals surface area contributed by atoms with E-state index in [-0.39, 0.29) is 34.3 Å². The lowest BCUT2D eigenvalue weighted by atomic mass is 10.0. The molecule has 4 aromatic rings. The third-order valence-corrected chi connectivity index (χ3v) is 9.73. The highest BCUT2D eigenvalue weighted by Gasteiger charge is 2.31. The number of carbonyl (C=O) groups excluding carboxylic acids is 2. The van der Waals surface area contributed by atoms with Gasteiger partial charge in [-0.15, -0.1) is 21.1 Å². The molecule has 0 saturated carbocycles. The number of thiophene rings is 1. The fourth-order valence-corrected chi connectivity index (χ4v) is 7.44. The van der Waals surface area contributed by atoms with Gasteiger partial charge >= 0.3 is 23.7 Å². The first-order valence-corrected chi connectivity index (χ1v) is 16.4. The van der Waals surface area contributed by atoms with Gasteiger partial charge in [-0.1, -0.05) is 30.7 Å². The molecular weight excluding hydrogens is 657 g/mol. The zero-order chi connectivity index (χ0) is 34.8. The van der Waals surface area contributed by atoms with E-state index < -0.39 is 38.8 Å². The summed E-state index contributed by atoms with van der Waals surface area (Å²) in [6.07, 6.45) is -0.276. The van der Waals surface area contributed by atoms with Crippen LogP contribution in [0.1, 0.15) is 63.8 Å². The minimum atomic E-state index is -4.45. The van der Waals surface area contributed by atoms with Crippen LogP contribution in [0.5, 0.6) is 6.01 Å². The number of esters is 1. The van der Waals surface area contributed by atoms with Crippen molar-refractivity contribution >= 4 is 45.3 Å². The molecule has 252 valence electrons. The number of aryl methyl sites for hydroxylation is 2. The second-order valence-corrected chi connectivity index (χ2v) is 13.4. The highest BCUT2D eigenvalue weighted by Crippen LogP contribution is 2.38. The van der Waals surface area contributed by atoms with Gasteiger partial charge in [0, 0.05) is 17.3 Å². The van der Waals surface area contributed by atoms with E-state index >= 15 is 0 Å². The van der Waals surface area contributed by atoms with Crippen LogP contribution in [-0.2, 0) is 28.2 Å². The summed E-state index contributed by atoms with van der Waals surface area (Å²) < 4.78 is 50.7. The molecule has 19 heteroatoms. The number of alkyl halides is 1. The zero-order valence-electron chi connectivity index (χ0n) is 26.6. The van der Waals surface area contributed by atoms with Gasteiger partial charge in [0.15, 0.2) is 12.0 Å². The first kappa shape index (κ1) is 35.0. The Bertz CT molecular complexity index is 1990. The molecule has 3 atom stereocenters. The summed E-state index contributed by atoms with van der Waals surface area (Å²) in [6.45, 7) is 7.10. The van der Waals surface area contributed by atoms with E-state index in [2.05, 4.69) is 62.2 Å². The van der Waals surface area contributed by atoms with Crippen LogP contribution in [0.2, 0.25) is 0 Å². The molecule has 1 aliphatic carbocycles. The maximum absolute atomic E-state index is 13.4. The van der Waals surface area contributed by atoms with E-state index in [0.29, 0.717) is 16.5 Å². The Morgan fingerprint density at radius 2 is 1.89 bits per heavy atom. The number of ether oxygens (including phenoxy) is 2. The number of nitrogens with zero attached hydrogens (tertiary/aromatic N) is 6. The van der Waals surface area contributed by atoms with Gasteiger partial charge in [0.1, 0.15) is 4.90 Å². The Hall–Kier alpha value is -4.91. The molecule has 3 heterocycles. The normalized spacial score (nSPS) is 16.0. The van der Waals surface area contributed by atoms with Crippen LogP contribution in [0.25, 0.3) is 0 Å². The maximum Gasteiger partial charge on any atom is 0.360 e. The minimum Gasteiger partial charge on any atom is -0.467 e. The second-order valence-electron chi connectivity index (χ2n) is 10.7. The van der Waals surface area contributed by atoms with Crippen LogP contribution < -0.4 is 26.2 Å². The van der Waals surface area contributed by atoms with Crippen LogP contribution >= 0.6 is 11.3 Å². The van der Waals surface area contributed by atoms with E-state index in [1.807, 2.05) is 0 Å². The fourth-order valence-electron chi connectivity index (χ4n) is 4.94. The monoisotopic (exact) mass is 691 g/mol. The molecule has 3 aromatic heterocycles. The van der Waals surface area contributed by atoms with Crippen molar-refractivity contribution in [2.24, 2.45) is 13.0 Å². The van der Waals surface area contributed by atoms with Crippen molar-refractivity contribution in [1.29, 1.82) is 0 Å². The maximum atomic E-state index is 13.4. The quantitative estimate of drug-likeness (QED) is 0.238. The van der Waals surface area contributed by atoms with Crippen LogP contribution in [-0.4, -0.2) is 63.9 Å². The standard InChI is InChI=1S/C16H20FN5.C12H14N4O7S2/c1-8-4-5-11-7-9(2)13(12(11)6-8)19-16-21-14(10(3)17)20-15(18)22-16;1-6-8(7(5-24-6)9(17)22-3)25(20,21)14-10(18)16-12(19)15(2)11(13-16)23-4/h4-6,9-10,13H,7H2,1-3H3,(H3,18,19,20,21,22);5H,1-4H3,(H,14,18)/t9-,10+,13+;/m0./s1. The van der Waals surface area contributed by atoms with Crippen LogP contribution in [0.15, 0.2) is 33.3 Å². The molecule has 0 fully saturated rings. The molecule has 0 spiro atoms. The highest BCUT2D eigenvalue weighted by atomic mass is 32.2. The third-order valence-electron chi connectivity index (χ3n) is 7.19. The predicted molar refractivity (Wildman–Crippen MR) is 170 cm³/mol. The lowest BCUT2D eigenvalue weighted by Gasteiger charge is -2.19. The number of carbonyl (C=O) groups is 2. The average molecular weight is 692 g/mol. The Morgan fingerprint density at radius 1 is 1.19 bits per heavy atom. The van der Waals surface area contributed by atoms with Gasteiger partial charge in [0.25, 0.3) is 10.0 Å². The number of hydrogen-bond acceptors (Lipinski definition) is 14. The van der Waals surface area contributed by atoms with Gasteiger partial charge in [0.2, 0.25) is 11.9 Å². The fraction of sp³-hybridized carbons (Fsp3) is 0.393. The van der Waals surface area contributed by atoms with Gasteiger partial charge < -0.3 is 20.5 Å². The van der Waals surface area contributed by atoms with Crippen molar-refractivity contribution < 1.29 is 31.9 Å². The number of nitrogens with two attached hydrogens (primary N) is 1. The molecule has 4 N–H and O–H groups in total. The van der Waals surface area contributed by atoms with Crippen molar-refractivity contribution in [2.75, 3.05) is 25.3 Å². The number of benzene rings is 1. The van der Waals surface area contributed by atoms with E-state index in [4.69, 9.17) is 10.5 Å². The number of sulfonamides is 1. The molecule has 1 aromatic carbocycles. The van der Waals surface area contributed by atoms with Crippen molar-refractivity contribution in [3.8, 4) is 6.01 Å². The Balaban J connectivity index is 0.000000214. The van der Waals surface area contributed by atoms with E-state index in [9.17, 15) is 27.2 Å². The summed E-state index contributed by atoms with van der Waals surface area (Å²) in [4.78, 5) is 47.7. The van der Waals surface area contributed by atoms with Crippen molar-refractivity contribution in [2.45, 2.75) is 51.2 Å². The molecule has 1 aliphatic rings. The van der Waals surface area contributed by atoms with Crippen molar-refractivity contribution in [3.63, 3.8) is 0 Å². The molecule has 0 unspecified atom stereocenters. The number of halogens is 1. The number of methoxy groups -OCH3 is 2. The van der Waals surface area contributed by atoms with E-state index in [1.165, 1.54) is 50.1 Å². The van der Waals surface area contributed by atoms with Gasteiger partial charge in [-0.25, -0.2) is 36.5 Å². The van der Waals surface area contributed by atoms with Gasteiger partial charge in [-0.2, -0.15) is 15.0 Å². The largest absolute Gasteiger partial charge is 0.467 e. The summed E-state index contributed by atoms with van der Waals surface area (Å²) in [7, 11) is -0.816. The van der Waals surface area contributed by atoms with Gasteiger partial charge in [-0.3, -0.25) is 0 Å². The topological polar surface area (TPSA) is 215 Å². The van der Waals surface area contributed by atoms with Crippen LogP contribution in [0.3, 0.4) is 0 Å². The number of rotatable bonds is 7. The SMILES string of the molecule is COC(=O)c1csc(C)c1S(=O)(=O)NC(=O)n1nc(OC)n(C)c1=O.Cc1ccc2c(c1)[C@H](Nc1nc(N)nc([C@@H](C)F)n1)[C@@H](C)C2. The van der Waals surface area contributed by atoms with E-state index in [0.717, 1.165) is 29.4 Å². The molecular formula is C28H34FN9O7S2. The van der Waals surface area contributed by atoms with Crippen LogP contribution in [0.4, 0.5) is 21.1 Å². The van der Waals surface area contributed by atoms with Crippen LogP contribution in [0, 0.1) is 19.8 Å². The van der Waals surface area contributed by atoms with Gasteiger partial charge in [0.05, 0.1) is 25.8 Å². The first-order valence-electron chi connectivity index (χ1n) is 14.0. The average Bonchev–Trinajstić information content (AvgIpc) is 3.65. The highest BCUT2D eigenvalue weighted by molar-refractivity contribution is 7.90. The lowest BCUT2D eigenvalue weighted by Crippen LogP contribution is -2.40. The summed E-state index contributed by atoms with van der Waals surface area (Å²) in [5, 5.41) is 8.17. The minimum absolute atomic E-state index is 0.0344. The van der Waals surface area contributed by atoms with Crippen molar-refractivity contribution in [1.82, 2.24) is 34.0 Å². The van der Waals surface area contributed by atoms with Gasteiger partial charge in [-0.05, 0) is 44.2 Å². The molecule has 1 amide bonds. The Kier molecular flexibility index (Phi) is 10.3. The second kappa shape index (κ2) is 13.8. The molecule has 0 bridgehead atoms. The van der Waals surface area contributed by atoms with E-state index in [1.54, 1.807) is 4.72 Å². The third kappa shape index (κ3) is 7.40. The number of amides is 1. The number of nitrogens with one attached hydrogen (secondary N) is 2. The summed E-state index contributed by atoms with van der Waals surface area (Å²) in [5.41, 5.74) is 8.34. The molecule has 0 saturated heterocycles. The zero-order valence-corrected chi connectivity index (χ0v) is 28.2. The Morgan fingerprint density at radius 3 is 2.51 bits per heavy atom. The summed E-state index contributed by atoms with van der Waals surface area (Å²) >= 11 is 0.998. The molecule has 5 rings (SSSR count). The number of anilines is 2. The first-order chi connectivity index (χ1) is 22.1. The summed E-state index contributed by atoms with van der Waals surface area (Å²) in [6, 6.07) is 5.07. The number of aromatic nitrogens is 6. The predicted octanol–water partition coefficient (Wildman–Crippen LogP) is 2.83. The Labute approximate surface area is 273 Å². The number of hydrogen-bond donors (Lipinski definition) is 3. The number of nitrogen functional groups attached to an aromatic ring is 1. The smallest absolute Gasteiger partial charge is 0.360 e. The molecule has 47 heavy (non-hydrogen) atoms. The molecule has 0 aliphatic heterocycles. The number of fused-ring (bicyclic) bond motifs is 1. The van der Waals surface area contributed by atoms with Crippen molar-refractivity contribution in [3.05, 3.63) is 67.0 Å². The molecule has 0 radical (unpaired) electrons.